The van der Waals surface area contributed by atoms with Gasteiger partial charge in [-0.15, -0.1) is 0 Å². The van der Waals surface area contributed by atoms with Gasteiger partial charge in [0.25, 0.3) is 5.91 Å². The van der Waals surface area contributed by atoms with Crippen LogP contribution >= 0.6 is 0 Å². The molecule has 1 atom stereocenters. The Labute approximate surface area is 138 Å². The number of nitro groups is 1. The molecule has 0 saturated carbocycles. The van der Waals surface area contributed by atoms with Crippen molar-refractivity contribution in [1.29, 1.82) is 0 Å². The molecule has 7 heteroatoms. The van der Waals surface area contributed by atoms with Gasteiger partial charge in [0.1, 0.15) is 5.82 Å². The normalized spacial score (nSPS) is 11.6. The molecule has 1 N–H and O–H groups in total. The molecule has 0 aromatic heterocycles. The summed E-state index contributed by atoms with van der Waals surface area (Å²) in [7, 11) is 0. The number of amides is 1. The van der Waals surface area contributed by atoms with E-state index in [-0.39, 0.29) is 23.8 Å². The van der Waals surface area contributed by atoms with Crippen molar-refractivity contribution in [3.8, 4) is 5.75 Å². The van der Waals surface area contributed by atoms with Crippen LogP contribution in [-0.2, 0) is 11.3 Å². The predicted molar refractivity (Wildman–Crippen MR) is 86.2 cm³/mol. The average molecular weight is 332 g/mol. The van der Waals surface area contributed by atoms with Crippen LogP contribution in [-0.4, -0.2) is 16.9 Å². The van der Waals surface area contributed by atoms with E-state index in [0.717, 1.165) is 11.1 Å². The lowest BCUT2D eigenvalue weighted by molar-refractivity contribution is -0.386. The number of aryl methyl sites for hydroxylation is 1. The number of carbonyl (C=O) groups is 1. The molecule has 0 heterocycles. The fourth-order valence-electron chi connectivity index (χ4n) is 2.05. The minimum Gasteiger partial charge on any atom is -0.474 e. The number of halogens is 1. The summed E-state index contributed by atoms with van der Waals surface area (Å²) in [5.41, 5.74) is 1.27. The number of rotatable bonds is 6. The highest BCUT2D eigenvalue weighted by Crippen LogP contribution is 2.28. The number of nitrogens with one attached hydrogen (secondary N) is 1. The smallest absolute Gasteiger partial charge is 0.311 e. The van der Waals surface area contributed by atoms with Crippen molar-refractivity contribution in [2.75, 3.05) is 0 Å². The zero-order valence-electron chi connectivity index (χ0n) is 13.3. The van der Waals surface area contributed by atoms with Gasteiger partial charge in [-0.25, -0.2) is 4.39 Å². The molecule has 126 valence electrons. The van der Waals surface area contributed by atoms with Gasteiger partial charge >= 0.3 is 5.69 Å². The van der Waals surface area contributed by atoms with Gasteiger partial charge in [-0.2, -0.15) is 0 Å². The average Bonchev–Trinajstić information content (AvgIpc) is 2.55. The van der Waals surface area contributed by atoms with Crippen LogP contribution in [0, 0.1) is 22.9 Å². The molecule has 2 aromatic carbocycles. The predicted octanol–water partition coefficient (Wildman–Crippen LogP) is 3.13. The maximum Gasteiger partial charge on any atom is 0.311 e. The Morgan fingerprint density at radius 1 is 1.29 bits per heavy atom. The van der Waals surface area contributed by atoms with Crippen LogP contribution in [0.2, 0.25) is 0 Å². The SMILES string of the molecule is Cc1ccc(O[C@@H](C)C(=O)NCc2ccc(F)cc2)c([N+](=O)[O-])c1. The molecule has 0 aliphatic heterocycles. The summed E-state index contributed by atoms with van der Waals surface area (Å²) in [5.74, 6) is -0.738. The second-order valence-electron chi connectivity index (χ2n) is 5.33. The van der Waals surface area contributed by atoms with Gasteiger partial charge < -0.3 is 10.1 Å². The highest BCUT2D eigenvalue weighted by atomic mass is 19.1. The van der Waals surface area contributed by atoms with Gasteiger partial charge in [0.15, 0.2) is 11.9 Å². The van der Waals surface area contributed by atoms with E-state index in [1.54, 1.807) is 25.1 Å². The van der Waals surface area contributed by atoms with E-state index in [4.69, 9.17) is 4.74 Å². The van der Waals surface area contributed by atoms with Crippen LogP contribution in [0.25, 0.3) is 0 Å². The fourth-order valence-corrected chi connectivity index (χ4v) is 2.05. The van der Waals surface area contributed by atoms with Crippen molar-refractivity contribution in [1.82, 2.24) is 5.32 Å². The largest absolute Gasteiger partial charge is 0.474 e. The molecule has 1 amide bonds. The maximum atomic E-state index is 12.8. The Bertz CT molecular complexity index is 747. The Hall–Kier alpha value is -2.96. The topological polar surface area (TPSA) is 81.5 Å². The quantitative estimate of drug-likeness (QED) is 0.651. The van der Waals surface area contributed by atoms with E-state index in [1.807, 2.05) is 0 Å². The maximum absolute atomic E-state index is 12.8. The van der Waals surface area contributed by atoms with Crippen LogP contribution in [0.3, 0.4) is 0 Å². The first kappa shape index (κ1) is 17.4. The Morgan fingerprint density at radius 2 is 1.96 bits per heavy atom. The third-order valence-electron chi connectivity index (χ3n) is 3.36. The lowest BCUT2D eigenvalue weighted by atomic mass is 10.2. The lowest BCUT2D eigenvalue weighted by Gasteiger charge is -2.15. The summed E-state index contributed by atoms with van der Waals surface area (Å²) in [6, 6.07) is 10.3. The van der Waals surface area contributed by atoms with Gasteiger partial charge in [0.2, 0.25) is 0 Å². The van der Waals surface area contributed by atoms with Gasteiger partial charge in [-0.1, -0.05) is 18.2 Å². The van der Waals surface area contributed by atoms with Gasteiger partial charge in [-0.05, 0) is 43.2 Å². The zero-order chi connectivity index (χ0) is 17.7. The van der Waals surface area contributed by atoms with Crippen LogP contribution < -0.4 is 10.1 Å². The first-order chi connectivity index (χ1) is 11.4. The van der Waals surface area contributed by atoms with Crippen molar-refractivity contribution in [2.45, 2.75) is 26.5 Å². The van der Waals surface area contributed by atoms with Crippen molar-refractivity contribution in [3.05, 3.63) is 69.5 Å². The Balaban J connectivity index is 1.99. The number of nitrogens with zero attached hydrogens (tertiary/aromatic N) is 1. The lowest BCUT2D eigenvalue weighted by Crippen LogP contribution is -2.36. The van der Waals surface area contributed by atoms with E-state index in [9.17, 15) is 19.3 Å². The number of benzene rings is 2. The molecule has 2 rings (SSSR count). The van der Waals surface area contributed by atoms with Crippen molar-refractivity contribution < 1.29 is 18.8 Å². The van der Waals surface area contributed by atoms with Crippen molar-refractivity contribution in [2.24, 2.45) is 0 Å². The van der Waals surface area contributed by atoms with Crippen LogP contribution in [0.4, 0.5) is 10.1 Å². The molecule has 6 nitrogen and oxygen atoms in total. The summed E-state index contributed by atoms with van der Waals surface area (Å²) < 4.78 is 18.2. The van der Waals surface area contributed by atoms with E-state index < -0.39 is 16.9 Å². The van der Waals surface area contributed by atoms with Crippen molar-refractivity contribution in [3.63, 3.8) is 0 Å². The van der Waals surface area contributed by atoms with E-state index in [0.29, 0.717) is 0 Å². The minimum absolute atomic E-state index is 0.0371. The summed E-state index contributed by atoms with van der Waals surface area (Å²) in [5, 5.41) is 13.7. The van der Waals surface area contributed by atoms with Gasteiger partial charge in [0.05, 0.1) is 4.92 Å². The first-order valence-corrected chi connectivity index (χ1v) is 7.30. The van der Waals surface area contributed by atoms with Crippen molar-refractivity contribution >= 4 is 11.6 Å². The number of ether oxygens (including phenoxy) is 1. The fraction of sp³-hybridized carbons (Fsp3) is 0.235. The van der Waals surface area contributed by atoms with Gasteiger partial charge in [0, 0.05) is 12.6 Å². The number of hydrogen-bond donors (Lipinski definition) is 1. The van der Waals surface area contributed by atoms with Crippen LogP contribution in [0.5, 0.6) is 5.75 Å². The van der Waals surface area contributed by atoms with E-state index >= 15 is 0 Å². The zero-order valence-corrected chi connectivity index (χ0v) is 13.3. The highest BCUT2D eigenvalue weighted by Gasteiger charge is 2.21. The van der Waals surface area contributed by atoms with E-state index in [2.05, 4.69) is 5.32 Å². The number of hydrogen-bond acceptors (Lipinski definition) is 4. The molecule has 0 aliphatic carbocycles. The molecule has 0 bridgehead atoms. The second-order valence-corrected chi connectivity index (χ2v) is 5.33. The number of carbonyl (C=O) groups excluding carboxylic acids is 1. The molecule has 0 unspecified atom stereocenters. The van der Waals surface area contributed by atoms with E-state index in [1.165, 1.54) is 31.2 Å². The van der Waals surface area contributed by atoms with Gasteiger partial charge in [-0.3, -0.25) is 14.9 Å². The standard InChI is InChI=1S/C17H17FN2O4/c1-11-3-8-16(15(9-11)20(22)23)24-12(2)17(21)19-10-13-4-6-14(18)7-5-13/h3-9,12H,10H2,1-2H3,(H,19,21)/t12-/m0/s1. The molecular formula is C17H17FN2O4. The van der Waals surface area contributed by atoms with Crippen LogP contribution in [0.1, 0.15) is 18.1 Å². The summed E-state index contributed by atoms with van der Waals surface area (Å²) >= 11 is 0. The molecule has 0 spiro atoms. The third kappa shape index (κ3) is 4.52. The summed E-state index contributed by atoms with van der Waals surface area (Å²) in [4.78, 5) is 22.6. The molecule has 0 saturated heterocycles. The molecular weight excluding hydrogens is 315 g/mol. The van der Waals surface area contributed by atoms with Crippen LogP contribution in [0.15, 0.2) is 42.5 Å². The molecule has 2 aromatic rings. The monoisotopic (exact) mass is 332 g/mol. The molecule has 0 radical (unpaired) electrons. The molecule has 0 fully saturated rings. The highest BCUT2D eigenvalue weighted by molar-refractivity contribution is 5.80. The third-order valence-corrected chi connectivity index (χ3v) is 3.36. The molecule has 24 heavy (non-hydrogen) atoms. The first-order valence-electron chi connectivity index (χ1n) is 7.30. The minimum atomic E-state index is -0.910. The molecule has 0 aliphatic rings. The number of nitro benzene ring substituents is 1. The summed E-state index contributed by atoms with van der Waals surface area (Å²) in [6.45, 7) is 3.45. The second kappa shape index (κ2) is 7.54. The Morgan fingerprint density at radius 3 is 2.58 bits per heavy atom. The summed E-state index contributed by atoms with van der Waals surface area (Å²) in [6.07, 6.45) is -0.910. The Kier molecular flexibility index (Phi) is 5.47.